The van der Waals surface area contributed by atoms with E-state index in [4.69, 9.17) is 9.15 Å². The molecule has 0 radical (unpaired) electrons. The number of carbonyl (C=O) groups excluding carboxylic acids is 2. The summed E-state index contributed by atoms with van der Waals surface area (Å²) in [5.41, 5.74) is 0.807. The summed E-state index contributed by atoms with van der Waals surface area (Å²) in [4.78, 5) is 34.0. The first-order valence-electron chi connectivity index (χ1n) is 8.25. The van der Waals surface area contributed by atoms with Gasteiger partial charge in [0, 0.05) is 17.5 Å². The highest BCUT2D eigenvalue weighted by atomic mass is 32.1. The van der Waals surface area contributed by atoms with Crippen LogP contribution in [0.15, 0.2) is 41.1 Å². The molecule has 3 aromatic rings. The van der Waals surface area contributed by atoms with Crippen molar-refractivity contribution in [1.82, 2.24) is 9.97 Å². The van der Waals surface area contributed by atoms with Crippen LogP contribution in [0.3, 0.4) is 0 Å². The number of furan rings is 1. The maximum absolute atomic E-state index is 13.1. The van der Waals surface area contributed by atoms with Gasteiger partial charge in [0.25, 0.3) is 0 Å². The van der Waals surface area contributed by atoms with Crippen LogP contribution < -0.4 is 5.32 Å². The minimum absolute atomic E-state index is 0.235. The van der Waals surface area contributed by atoms with Gasteiger partial charge in [0.1, 0.15) is 16.2 Å². The van der Waals surface area contributed by atoms with E-state index in [0.717, 1.165) is 11.3 Å². The van der Waals surface area contributed by atoms with Crippen LogP contribution in [0.2, 0.25) is 0 Å². The molecule has 7 nitrogen and oxygen atoms in total. The zero-order valence-corrected chi connectivity index (χ0v) is 16.2. The molecule has 0 saturated carbocycles. The third-order valence-corrected chi connectivity index (χ3v) is 4.42. The summed E-state index contributed by atoms with van der Waals surface area (Å²) >= 11 is 1.06. The van der Waals surface area contributed by atoms with Crippen molar-refractivity contribution in [3.63, 3.8) is 0 Å². The Morgan fingerprint density at radius 3 is 2.63 bits per heavy atom. The molecule has 8 heteroatoms. The van der Waals surface area contributed by atoms with Crippen LogP contribution in [0.1, 0.15) is 41.7 Å². The van der Waals surface area contributed by atoms with E-state index in [-0.39, 0.29) is 10.9 Å². The number of pyridine rings is 1. The molecule has 3 rings (SSSR count). The Bertz CT molecular complexity index is 971. The number of hydrogen-bond acceptors (Lipinski definition) is 7. The molecule has 0 spiro atoms. The van der Waals surface area contributed by atoms with Gasteiger partial charge in [0.05, 0.1) is 6.26 Å². The van der Waals surface area contributed by atoms with Crippen LogP contribution in [-0.2, 0) is 4.74 Å². The smallest absolute Gasteiger partial charge is 0.413 e. The Balaban J connectivity index is 1.97. The molecule has 0 aliphatic rings. The van der Waals surface area contributed by atoms with Gasteiger partial charge in [-0.25, -0.2) is 9.78 Å². The average Bonchev–Trinajstić information content (AvgIpc) is 3.22. The highest BCUT2D eigenvalue weighted by molar-refractivity contribution is 7.18. The summed E-state index contributed by atoms with van der Waals surface area (Å²) in [7, 11) is 0. The molecule has 3 heterocycles. The van der Waals surface area contributed by atoms with Gasteiger partial charge in [0.2, 0.25) is 5.78 Å². The second-order valence-corrected chi connectivity index (χ2v) is 7.77. The summed E-state index contributed by atoms with van der Waals surface area (Å²) in [6, 6.07) is 6.82. The number of hydrogen-bond donors (Lipinski definition) is 1. The minimum atomic E-state index is -0.642. The second-order valence-electron chi connectivity index (χ2n) is 6.77. The van der Waals surface area contributed by atoms with Gasteiger partial charge in [-0.1, -0.05) is 11.3 Å². The molecule has 140 valence electrons. The highest BCUT2D eigenvalue weighted by Crippen LogP contribution is 2.33. The fraction of sp³-hybridized carbons (Fsp3) is 0.263. The van der Waals surface area contributed by atoms with Crippen molar-refractivity contribution in [2.45, 2.75) is 33.3 Å². The Labute approximate surface area is 160 Å². The summed E-state index contributed by atoms with van der Waals surface area (Å²) in [5.74, 6) is 0.204. The van der Waals surface area contributed by atoms with Crippen molar-refractivity contribution in [1.29, 1.82) is 0 Å². The zero-order valence-electron chi connectivity index (χ0n) is 15.4. The standard InChI is InChI=1S/C19H19N3O4S/c1-11-12(7-5-9-20-11)15(23)16-14(13-8-6-10-25-13)21-17(27-16)22-18(24)26-19(2,3)4/h5-10H,1-4H3,(H,21,22,24). The van der Waals surface area contributed by atoms with Crippen molar-refractivity contribution in [2.75, 3.05) is 5.32 Å². The third-order valence-electron chi connectivity index (χ3n) is 3.45. The van der Waals surface area contributed by atoms with E-state index < -0.39 is 11.7 Å². The summed E-state index contributed by atoms with van der Waals surface area (Å²) in [6.45, 7) is 7.06. The Morgan fingerprint density at radius 2 is 2.00 bits per heavy atom. The van der Waals surface area contributed by atoms with E-state index in [1.165, 1.54) is 6.26 Å². The van der Waals surface area contributed by atoms with E-state index >= 15 is 0 Å². The van der Waals surface area contributed by atoms with Crippen LogP contribution in [0.5, 0.6) is 0 Å². The topological polar surface area (TPSA) is 94.3 Å². The fourth-order valence-electron chi connectivity index (χ4n) is 2.35. The van der Waals surface area contributed by atoms with E-state index in [9.17, 15) is 9.59 Å². The number of ketones is 1. The number of carbonyl (C=O) groups is 2. The normalized spacial score (nSPS) is 11.3. The summed E-state index contributed by atoms with van der Waals surface area (Å²) in [6.07, 6.45) is 2.49. The molecular formula is C19H19N3O4S. The number of aromatic nitrogens is 2. The number of amides is 1. The van der Waals surface area contributed by atoms with Crippen LogP contribution >= 0.6 is 11.3 Å². The van der Waals surface area contributed by atoms with Crippen molar-refractivity contribution in [3.8, 4) is 11.5 Å². The lowest BCUT2D eigenvalue weighted by Crippen LogP contribution is -2.27. The van der Waals surface area contributed by atoms with E-state index in [1.807, 2.05) is 0 Å². The monoisotopic (exact) mass is 385 g/mol. The molecule has 0 atom stereocenters. The first-order chi connectivity index (χ1) is 12.7. The van der Waals surface area contributed by atoms with Crippen molar-refractivity contribution in [2.24, 2.45) is 0 Å². The number of rotatable bonds is 4. The lowest BCUT2D eigenvalue weighted by Gasteiger charge is -2.18. The quantitative estimate of drug-likeness (QED) is 0.655. The summed E-state index contributed by atoms with van der Waals surface area (Å²) in [5, 5.41) is 2.83. The van der Waals surface area contributed by atoms with E-state index in [0.29, 0.717) is 27.6 Å². The molecule has 0 unspecified atom stereocenters. The number of ether oxygens (including phenoxy) is 1. The van der Waals surface area contributed by atoms with Gasteiger partial charge in [-0.15, -0.1) is 0 Å². The van der Waals surface area contributed by atoms with Crippen molar-refractivity contribution < 1.29 is 18.7 Å². The third kappa shape index (κ3) is 4.40. The second kappa shape index (κ2) is 7.32. The molecule has 3 aromatic heterocycles. The molecule has 0 aliphatic heterocycles. The van der Waals surface area contributed by atoms with Gasteiger partial charge in [-0.05, 0) is 52.0 Å². The van der Waals surface area contributed by atoms with Crippen LogP contribution in [0.25, 0.3) is 11.5 Å². The van der Waals surface area contributed by atoms with Gasteiger partial charge in [-0.2, -0.15) is 0 Å². The van der Waals surface area contributed by atoms with Crippen LogP contribution in [0, 0.1) is 6.92 Å². The van der Waals surface area contributed by atoms with E-state index in [1.54, 1.807) is 58.2 Å². The molecule has 27 heavy (non-hydrogen) atoms. The molecular weight excluding hydrogens is 366 g/mol. The largest absolute Gasteiger partial charge is 0.463 e. The highest BCUT2D eigenvalue weighted by Gasteiger charge is 2.25. The molecule has 0 aromatic carbocycles. The van der Waals surface area contributed by atoms with Crippen LogP contribution in [-0.4, -0.2) is 27.4 Å². The number of thiazole rings is 1. The number of aryl methyl sites for hydroxylation is 1. The Morgan fingerprint density at radius 1 is 1.22 bits per heavy atom. The lowest BCUT2D eigenvalue weighted by molar-refractivity contribution is 0.0635. The van der Waals surface area contributed by atoms with Crippen LogP contribution in [0.4, 0.5) is 9.93 Å². The van der Waals surface area contributed by atoms with E-state index in [2.05, 4.69) is 15.3 Å². The maximum atomic E-state index is 13.1. The van der Waals surface area contributed by atoms with Gasteiger partial charge >= 0.3 is 6.09 Å². The lowest BCUT2D eigenvalue weighted by atomic mass is 10.1. The van der Waals surface area contributed by atoms with Gasteiger partial charge < -0.3 is 9.15 Å². The van der Waals surface area contributed by atoms with Gasteiger partial charge in [0.15, 0.2) is 10.9 Å². The minimum Gasteiger partial charge on any atom is -0.463 e. The fourth-order valence-corrected chi connectivity index (χ4v) is 3.26. The first kappa shape index (κ1) is 18.8. The molecule has 0 bridgehead atoms. The number of anilines is 1. The first-order valence-corrected chi connectivity index (χ1v) is 9.07. The zero-order chi connectivity index (χ0) is 19.6. The molecule has 0 aliphatic carbocycles. The SMILES string of the molecule is Cc1ncccc1C(=O)c1sc(NC(=O)OC(C)(C)C)nc1-c1ccco1. The summed E-state index contributed by atoms with van der Waals surface area (Å²) < 4.78 is 10.7. The predicted octanol–water partition coefficient (Wildman–Crippen LogP) is 4.68. The Kier molecular flexibility index (Phi) is 5.09. The molecule has 0 saturated heterocycles. The number of nitrogens with one attached hydrogen (secondary N) is 1. The number of nitrogens with zero attached hydrogens (tertiary/aromatic N) is 2. The molecule has 1 N–H and O–H groups in total. The molecule has 0 fully saturated rings. The maximum Gasteiger partial charge on any atom is 0.413 e. The Hall–Kier alpha value is -3.00. The van der Waals surface area contributed by atoms with Crippen molar-refractivity contribution in [3.05, 3.63) is 52.9 Å². The predicted molar refractivity (Wildman–Crippen MR) is 102 cm³/mol. The average molecular weight is 385 g/mol. The molecule has 1 amide bonds. The van der Waals surface area contributed by atoms with Crippen molar-refractivity contribution >= 4 is 28.3 Å². The van der Waals surface area contributed by atoms with Gasteiger partial charge in [-0.3, -0.25) is 15.1 Å².